The number of hydrogen-bond acceptors (Lipinski definition) is 6. The summed E-state index contributed by atoms with van der Waals surface area (Å²) in [4.78, 5) is 21.8. The second kappa shape index (κ2) is 9.05. The van der Waals surface area contributed by atoms with Gasteiger partial charge in [0.25, 0.3) is 5.69 Å². The summed E-state index contributed by atoms with van der Waals surface area (Å²) in [6.45, 7) is 2.38. The molecule has 2 atom stereocenters. The van der Waals surface area contributed by atoms with Crippen LogP contribution in [0.25, 0.3) is 0 Å². The van der Waals surface area contributed by atoms with Gasteiger partial charge in [-0.05, 0) is 30.3 Å². The van der Waals surface area contributed by atoms with Crippen LogP contribution in [0.1, 0.15) is 32.8 Å². The molecule has 1 amide bonds. The summed E-state index contributed by atoms with van der Waals surface area (Å²) in [5, 5.41) is 10.9. The molecule has 0 saturated carbocycles. The molecule has 0 bridgehead atoms. The average Bonchev–Trinajstić information content (AvgIpc) is 2.52. The summed E-state index contributed by atoms with van der Waals surface area (Å²) in [5.74, 6) is 0. The SMILES string of the molecule is CCOP(=O)(SC(C)CC)N(C=O)Cc1cccc([N+](=O)[O-])c1. The third-order valence-corrected chi connectivity index (χ3v) is 8.32. The highest BCUT2D eigenvalue weighted by molar-refractivity contribution is 8.56. The molecule has 128 valence electrons. The van der Waals surface area contributed by atoms with Crippen LogP contribution in [-0.2, 0) is 20.4 Å². The first-order chi connectivity index (χ1) is 10.9. The van der Waals surface area contributed by atoms with Gasteiger partial charge in [-0.25, -0.2) is 0 Å². The van der Waals surface area contributed by atoms with Gasteiger partial charge in [0.2, 0.25) is 6.41 Å². The Labute approximate surface area is 139 Å². The zero-order valence-corrected chi connectivity index (χ0v) is 15.1. The molecule has 0 aliphatic carbocycles. The Morgan fingerprint density at radius 1 is 1.48 bits per heavy atom. The number of non-ortho nitro benzene ring substituents is 1. The molecule has 0 N–H and O–H groups in total. The van der Waals surface area contributed by atoms with Crippen LogP contribution in [0.5, 0.6) is 0 Å². The van der Waals surface area contributed by atoms with Gasteiger partial charge in [0, 0.05) is 17.4 Å². The van der Waals surface area contributed by atoms with E-state index >= 15 is 0 Å². The normalized spacial score (nSPS) is 14.7. The van der Waals surface area contributed by atoms with E-state index in [2.05, 4.69) is 0 Å². The molecule has 23 heavy (non-hydrogen) atoms. The second-order valence-corrected chi connectivity index (χ2v) is 9.58. The largest absolute Gasteiger partial charge is 0.356 e. The second-order valence-electron chi connectivity index (χ2n) is 4.84. The fraction of sp³-hybridized carbons (Fsp3) is 0.500. The van der Waals surface area contributed by atoms with Crippen LogP contribution in [0.2, 0.25) is 0 Å². The molecule has 0 aromatic heterocycles. The Morgan fingerprint density at radius 3 is 2.70 bits per heavy atom. The summed E-state index contributed by atoms with van der Waals surface area (Å²) in [6.07, 6.45) is 1.26. The van der Waals surface area contributed by atoms with Crippen molar-refractivity contribution in [1.29, 1.82) is 0 Å². The predicted octanol–water partition coefficient (Wildman–Crippen LogP) is 4.23. The summed E-state index contributed by atoms with van der Waals surface area (Å²) in [7, 11) is 0. The molecule has 1 aromatic rings. The van der Waals surface area contributed by atoms with Crippen molar-refractivity contribution in [2.75, 3.05) is 6.61 Å². The van der Waals surface area contributed by atoms with Crippen molar-refractivity contribution in [3.63, 3.8) is 0 Å². The molecule has 0 radical (unpaired) electrons. The molecule has 0 saturated heterocycles. The van der Waals surface area contributed by atoms with Crippen LogP contribution in [0, 0.1) is 10.1 Å². The van der Waals surface area contributed by atoms with Gasteiger partial charge >= 0.3 is 6.72 Å². The third-order valence-electron chi connectivity index (χ3n) is 3.08. The molecule has 0 fully saturated rings. The van der Waals surface area contributed by atoms with Crippen LogP contribution < -0.4 is 0 Å². The minimum absolute atomic E-state index is 0.00804. The van der Waals surface area contributed by atoms with Crippen LogP contribution in [0.4, 0.5) is 5.69 Å². The Kier molecular flexibility index (Phi) is 7.75. The van der Waals surface area contributed by atoms with Gasteiger partial charge in [0.15, 0.2) is 0 Å². The van der Waals surface area contributed by atoms with Crippen molar-refractivity contribution < 1.29 is 18.8 Å². The summed E-state index contributed by atoms with van der Waals surface area (Å²) >= 11 is 1.13. The monoisotopic (exact) mass is 360 g/mol. The van der Waals surface area contributed by atoms with Crippen LogP contribution >= 0.6 is 18.1 Å². The smallest absolute Gasteiger partial charge is 0.306 e. The number of rotatable bonds is 10. The maximum Gasteiger partial charge on any atom is 0.356 e. The van der Waals surface area contributed by atoms with E-state index in [4.69, 9.17) is 4.52 Å². The Bertz CT molecular complexity index is 598. The molecule has 0 spiro atoms. The number of nitro benzene ring substituents is 1. The molecule has 0 aliphatic rings. The summed E-state index contributed by atoms with van der Waals surface area (Å²) in [5.41, 5.74) is 0.449. The van der Waals surface area contributed by atoms with Crippen LogP contribution in [-0.4, -0.2) is 27.9 Å². The standard InChI is InChI=1S/C14H21N2O5PS/c1-4-12(3)23-22(20,21-5-2)15(11-17)10-13-7-6-8-14(9-13)16(18)19/h6-9,11-12H,4-5,10H2,1-3H3. The highest BCUT2D eigenvalue weighted by atomic mass is 32.7. The van der Waals surface area contributed by atoms with E-state index in [0.717, 1.165) is 22.5 Å². The minimum Gasteiger partial charge on any atom is -0.306 e. The van der Waals surface area contributed by atoms with Crippen molar-refractivity contribution in [2.45, 2.75) is 39.0 Å². The number of carbonyl (C=O) groups is 1. The van der Waals surface area contributed by atoms with Crippen molar-refractivity contribution in [3.8, 4) is 0 Å². The Morgan fingerprint density at radius 2 is 2.17 bits per heavy atom. The van der Waals surface area contributed by atoms with Crippen molar-refractivity contribution in [1.82, 2.24) is 4.67 Å². The maximum atomic E-state index is 13.0. The predicted molar refractivity (Wildman–Crippen MR) is 91.3 cm³/mol. The van der Waals surface area contributed by atoms with E-state index < -0.39 is 11.6 Å². The van der Waals surface area contributed by atoms with Gasteiger partial charge in [-0.2, -0.15) is 0 Å². The minimum atomic E-state index is -3.39. The van der Waals surface area contributed by atoms with Gasteiger partial charge < -0.3 is 4.52 Å². The fourth-order valence-electron chi connectivity index (χ4n) is 1.77. The van der Waals surface area contributed by atoms with E-state index in [0.29, 0.717) is 12.0 Å². The summed E-state index contributed by atoms with van der Waals surface area (Å²) in [6, 6.07) is 5.91. The Hall–Kier alpha value is -1.37. The van der Waals surface area contributed by atoms with Gasteiger partial charge in [-0.15, -0.1) is 0 Å². The van der Waals surface area contributed by atoms with Gasteiger partial charge in [-0.1, -0.05) is 26.0 Å². The van der Waals surface area contributed by atoms with E-state index in [1.54, 1.807) is 13.0 Å². The topological polar surface area (TPSA) is 89.8 Å². The number of benzene rings is 1. The molecule has 1 aromatic carbocycles. The number of nitro groups is 1. The Balaban J connectivity index is 3.04. The van der Waals surface area contributed by atoms with Crippen molar-refractivity contribution in [2.24, 2.45) is 0 Å². The fourth-order valence-corrected chi connectivity index (χ4v) is 6.44. The molecule has 7 nitrogen and oxygen atoms in total. The highest BCUT2D eigenvalue weighted by Gasteiger charge is 2.33. The lowest BCUT2D eigenvalue weighted by Crippen LogP contribution is -2.19. The summed E-state index contributed by atoms with van der Waals surface area (Å²) < 4.78 is 19.5. The molecule has 0 heterocycles. The first-order valence-electron chi connectivity index (χ1n) is 7.25. The number of nitrogens with zero attached hydrogens (tertiary/aromatic N) is 2. The van der Waals surface area contributed by atoms with Crippen LogP contribution in [0.15, 0.2) is 24.3 Å². The first-order valence-corrected chi connectivity index (χ1v) is 10.3. The molecule has 0 aliphatic heterocycles. The number of amides is 1. The lowest BCUT2D eigenvalue weighted by molar-refractivity contribution is -0.384. The zero-order valence-electron chi connectivity index (χ0n) is 13.4. The van der Waals surface area contributed by atoms with E-state index in [-0.39, 0.29) is 24.1 Å². The van der Waals surface area contributed by atoms with Crippen LogP contribution in [0.3, 0.4) is 0 Å². The average molecular weight is 360 g/mol. The quantitative estimate of drug-likeness (QED) is 0.268. The molecule has 1 rings (SSSR count). The lowest BCUT2D eigenvalue weighted by Gasteiger charge is -2.28. The lowest BCUT2D eigenvalue weighted by atomic mass is 10.2. The van der Waals surface area contributed by atoms with Gasteiger partial charge in [-0.3, -0.25) is 24.1 Å². The van der Waals surface area contributed by atoms with Gasteiger partial charge in [0.05, 0.1) is 18.1 Å². The van der Waals surface area contributed by atoms with E-state index in [9.17, 15) is 19.5 Å². The maximum absolute atomic E-state index is 13.0. The molecular formula is C14H21N2O5PS. The number of carbonyl (C=O) groups excluding carboxylic acids is 1. The first kappa shape index (κ1) is 19.7. The van der Waals surface area contributed by atoms with E-state index in [1.165, 1.54) is 18.2 Å². The van der Waals surface area contributed by atoms with E-state index in [1.807, 2.05) is 13.8 Å². The molecule has 2 unspecified atom stereocenters. The molecular weight excluding hydrogens is 339 g/mol. The van der Waals surface area contributed by atoms with Crippen molar-refractivity contribution >= 4 is 30.2 Å². The third kappa shape index (κ3) is 5.64. The zero-order chi connectivity index (χ0) is 17.5. The number of hydrogen-bond donors (Lipinski definition) is 0. The van der Waals surface area contributed by atoms with Gasteiger partial charge in [0.1, 0.15) is 0 Å². The highest BCUT2D eigenvalue weighted by Crippen LogP contribution is 2.64. The molecule has 9 heteroatoms. The van der Waals surface area contributed by atoms with Crippen molar-refractivity contribution in [3.05, 3.63) is 39.9 Å².